The number of benzene rings is 1. The lowest BCUT2D eigenvalue weighted by Gasteiger charge is -2.27. The summed E-state index contributed by atoms with van der Waals surface area (Å²) in [5.74, 6) is 0.294. The van der Waals surface area contributed by atoms with E-state index in [2.05, 4.69) is 0 Å². The van der Waals surface area contributed by atoms with Gasteiger partial charge in [-0.15, -0.1) is 11.6 Å². The average Bonchev–Trinajstić information content (AvgIpc) is 3.08. The van der Waals surface area contributed by atoms with Gasteiger partial charge in [0.05, 0.1) is 10.7 Å². The first-order valence-corrected chi connectivity index (χ1v) is 6.50. The van der Waals surface area contributed by atoms with Crippen LogP contribution in [0.25, 0.3) is 0 Å². The minimum absolute atomic E-state index is 0.0500. The summed E-state index contributed by atoms with van der Waals surface area (Å²) in [5, 5.41) is 0.323. The lowest BCUT2D eigenvalue weighted by atomic mass is 10.2. The van der Waals surface area contributed by atoms with E-state index < -0.39 is 12.7 Å². The van der Waals surface area contributed by atoms with Crippen LogP contribution in [0.5, 0.6) is 0 Å². The van der Waals surface area contributed by atoms with Crippen LogP contribution in [-0.2, 0) is 5.88 Å². The Balaban J connectivity index is 2.25. The van der Waals surface area contributed by atoms with Crippen LogP contribution in [0, 0.1) is 0 Å². The maximum atomic E-state index is 12.6. The molecule has 0 aromatic heterocycles. The summed E-state index contributed by atoms with van der Waals surface area (Å²) in [6.45, 7) is -0.961. The van der Waals surface area contributed by atoms with Gasteiger partial charge in [0.25, 0.3) is 0 Å². The first-order valence-electron chi connectivity index (χ1n) is 5.58. The Morgan fingerprint density at radius 3 is 2.39 bits per heavy atom. The Labute approximate surface area is 113 Å². The van der Waals surface area contributed by atoms with E-state index in [0.717, 1.165) is 18.4 Å². The van der Waals surface area contributed by atoms with E-state index >= 15 is 0 Å². The van der Waals surface area contributed by atoms with E-state index in [9.17, 15) is 13.2 Å². The normalized spacial score (nSPS) is 15.8. The molecular formula is C12H12Cl2F3N. The molecule has 0 spiro atoms. The summed E-state index contributed by atoms with van der Waals surface area (Å²) < 4.78 is 37.7. The number of rotatable bonds is 4. The number of halogens is 5. The zero-order chi connectivity index (χ0) is 13.3. The van der Waals surface area contributed by atoms with Crippen molar-refractivity contribution in [3.05, 3.63) is 28.8 Å². The second-order valence-electron chi connectivity index (χ2n) is 4.39. The molecule has 0 saturated heterocycles. The number of hydrogen-bond acceptors (Lipinski definition) is 1. The fourth-order valence-electron chi connectivity index (χ4n) is 1.86. The van der Waals surface area contributed by atoms with E-state index in [-0.39, 0.29) is 6.04 Å². The molecular weight excluding hydrogens is 286 g/mol. The van der Waals surface area contributed by atoms with Crippen molar-refractivity contribution in [1.82, 2.24) is 0 Å². The molecule has 0 radical (unpaired) electrons. The smallest absolute Gasteiger partial charge is 0.358 e. The van der Waals surface area contributed by atoms with Crippen LogP contribution in [-0.4, -0.2) is 18.8 Å². The Bertz CT molecular complexity index is 430. The first kappa shape index (κ1) is 13.8. The number of alkyl halides is 4. The lowest BCUT2D eigenvalue weighted by Crippen LogP contribution is -2.36. The third-order valence-electron chi connectivity index (χ3n) is 2.81. The third-order valence-corrected chi connectivity index (χ3v) is 3.42. The molecule has 0 N–H and O–H groups in total. The summed E-state index contributed by atoms with van der Waals surface area (Å²) in [4.78, 5) is 1.33. The van der Waals surface area contributed by atoms with Crippen LogP contribution in [0.2, 0.25) is 5.02 Å². The molecule has 1 saturated carbocycles. The minimum Gasteiger partial charge on any atom is -0.358 e. The van der Waals surface area contributed by atoms with Gasteiger partial charge in [-0.2, -0.15) is 13.2 Å². The van der Waals surface area contributed by atoms with Gasteiger partial charge in [-0.25, -0.2) is 0 Å². The van der Waals surface area contributed by atoms with Gasteiger partial charge in [-0.1, -0.05) is 17.7 Å². The minimum atomic E-state index is -4.23. The van der Waals surface area contributed by atoms with E-state index in [1.165, 1.54) is 4.90 Å². The zero-order valence-corrected chi connectivity index (χ0v) is 11.0. The summed E-state index contributed by atoms with van der Waals surface area (Å²) in [5.41, 5.74) is 1.23. The molecule has 0 amide bonds. The van der Waals surface area contributed by atoms with Crippen LogP contribution in [0.15, 0.2) is 18.2 Å². The Morgan fingerprint density at radius 2 is 1.94 bits per heavy atom. The molecule has 100 valence electrons. The molecule has 1 fully saturated rings. The van der Waals surface area contributed by atoms with E-state index in [4.69, 9.17) is 23.2 Å². The molecule has 1 nitrogen and oxygen atoms in total. The number of hydrogen-bond donors (Lipinski definition) is 0. The molecule has 0 heterocycles. The van der Waals surface area contributed by atoms with Gasteiger partial charge in [-0.05, 0) is 30.5 Å². The van der Waals surface area contributed by atoms with Gasteiger partial charge in [0, 0.05) is 11.9 Å². The van der Waals surface area contributed by atoms with E-state index in [0.29, 0.717) is 16.6 Å². The fourth-order valence-corrected chi connectivity index (χ4v) is 2.33. The highest BCUT2D eigenvalue weighted by molar-refractivity contribution is 6.33. The van der Waals surface area contributed by atoms with Crippen molar-refractivity contribution >= 4 is 28.9 Å². The van der Waals surface area contributed by atoms with Crippen molar-refractivity contribution in [2.24, 2.45) is 0 Å². The molecule has 1 aromatic rings. The van der Waals surface area contributed by atoms with Gasteiger partial charge in [0.1, 0.15) is 6.54 Å². The van der Waals surface area contributed by atoms with Crippen LogP contribution < -0.4 is 4.90 Å². The molecule has 18 heavy (non-hydrogen) atoms. The van der Waals surface area contributed by atoms with E-state index in [1.54, 1.807) is 18.2 Å². The Hall–Kier alpha value is -0.610. The van der Waals surface area contributed by atoms with Gasteiger partial charge < -0.3 is 4.90 Å². The molecule has 1 aliphatic rings. The third kappa shape index (κ3) is 3.45. The van der Waals surface area contributed by atoms with Crippen LogP contribution in [0.3, 0.4) is 0 Å². The van der Waals surface area contributed by atoms with Crippen molar-refractivity contribution in [1.29, 1.82) is 0 Å². The standard InChI is InChI=1S/C12H12Cl2F3N/c13-6-8-1-4-11(10(14)5-8)18(9-2-3-9)7-12(15,16)17/h1,4-5,9H,2-3,6-7H2. The Kier molecular flexibility index (Phi) is 3.97. The maximum Gasteiger partial charge on any atom is 0.405 e. The van der Waals surface area contributed by atoms with Crippen LogP contribution in [0.1, 0.15) is 18.4 Å². The molecule has 0 atom stereocenters. The lowest BCUT2D eigenvalue weighted by molar-refractivity contribution is -0.119. The zero-order valence-electron chi connectivity index (χ0n) is 9.47. The van der Waals surface area contributed by atoms with Crippen LogP contribution >= 0.6 is 23.2 Å². The van der Waals surface area contributed by atoms with E-state index in [1.807, 2.05) is 0 Å². The monoisotopic (exact) mass is 297 g/mol. The molecule has 0 unspecified atom stereocenters. The molecule has 2 rings (SSSR count). The van der Waals surface area contributed by atoms with Gasteiger partial charge >= 0.3 is 6.18 Å². The first-order chi connectivity index (χ1) is 8.40. The predicted molar refractivity (Wildman–Crippen MR) is 67.4 cm³/mol. The second-order valence-corrected chi connectivity index (χ2v) is 5.07. The fraction of sp³-hybridized carbons (Fsp3) is 0.500. The number of anilines is 1. The van der Waals surface area contributed by atoms with Crippen molar-refractivity contribution in [2.45, 2.75) is 30.9 Å². The van der Waals surface area contributed by atoms with Gasteiger partial charge in [0.2, 0.25) is 0 Å². The summed E-state index contributed by atoms with van der Waals surface area (Å²) >= 11 is 11.7. The highest BCUT2D eigenvalue weighted by Gasteiger charge is 2.38. The molecule has 6 heteroatoms. The van der Waals surface area contributed by atoms with Crippen molar-refractivity contribution < 1.29 is 13.2 Å². The van der Waals surface area contributed by atoms with Gasteiger partial charge in [0.15, 0.2) is 0 Å². The van der Waals surface area contributed by atoms with Crippen molar-refractivity contribution in [2.75, 3.05) is 11.4 Å². The SMILES string of the molecule is FC(F)(F)CN(c1ccc(CCl)cc1Cl)C1CC1. The number of nitrogens with zero attached hydrogens (tertiary/aromatic N) is 1. The molecule has 1 aliphatic carbocycles. The predicted octanol–water partition coefficient (Wildman–Crippen LogP) is 4.61. The Morgan fingerprint density at radius 1 is 1.28 bits per heavy atom. The second kappa shape index (κ2) is 5.17. The summed E-state index contributed by atoms with van der Waals surface area (Å²) in [7, 11) is 0. The summed E-state index contributed by atoms with van der Waals surface area (Å²) in [6.07, 6.45) is -2.66. The highest BCUT2D eigenvalue weighted by Crippen LogP contribution is 2.38. The van der Waals surface area contributed by atoms with Crippen LogP contribution in [0.4, 0.5) is 18.9 Å². The maximum absolute atomic E-state index is 12.6. The van der Waals surface area contributed by atoms with Gasteiger partial charge in [-0.3, -0.25) is 0 Å². The highest BCUT2D eigenvalue weighted by atomic mass is 35.5. The molecule has 0 aliphatic heterocycles. The quantitative estimate of drug-likeness (QED) is 0.734. The van der Waals surface area contributed by atoms with Crippen molar-refractivity contribution in [3.8, 4) is 0 Å². The largest absolute Gasteiger partial charge is 0.405 e. The summed E-state index contributed by atoms with van der Waals surface area (Å²) in [6, 6.07) is 4.89. The topological polar surface area (TPSA) is 3.24 Å². The molecule has 0 bridgehead atoms. The molecule has 1 aromatic carbocycles. The average molecular weight is 298 g/mol. The van der Waals surface area contributed by atoms with Crippen molar-refractivity contribution in [3.63, 3.8) is 0 Å².